The standard InChI is InChI=1S/C14H23NO/c1-5-13(6-2)15-10-12-8-7-11(3)14(9-12)16-4/h7-9,13,15H,5-6,10H2,1-4H3. The van der Waals surface area contributed by atoms with Gasteiger partial charge in [0.1, 0.15) is 5.75 Å². The minimum atomic E-state index is 0.618. The van der Waals surface area contributed by atoms with Crippen molar-refractivity contribution in [1.29, 1.82) is 0 Å². The molecule has 1 rings (SSSR count). The fourth-order valence-electron chi connectivity index (χ4n) is 1.81. The number of ether oxygens (including phenoxy) is 1. The molecule has 1 aromatic rings. The molecule has 2 heteroatoms. The monoisotopic (exact) mass is 221 g/mol. The van der Waals surface area contributed by atoms with Crippen LogP contribution in [0.4, 0.5) is 0 Å². The third kappa shape index (κ3) is 3.53. The first kappa shape index (κ1) is 13.0. The largest absolute Gasteiger partial charge is 0.496 e. The van der Waals surface area contributed by atoms with Gasteiger partial charge in [-0.3, -0.25) is 0 Å². The van der Waals surface area contributed by atoms with Crippen LogP contribution in [0.2, 0.25) is 0 Å². The number of rotatable bonds is 6. The average Bonchev–Trinajstić information content (AvgIpc) is 2.32. The van der Waals surface area contributed by atoms with Crippen molar-refractivity contribution >= 4 is 0 Å². The van der Waals surface area contributed by atoms with Crippen LogP contribution in [0.15, 0.2) is 18.2 Å². The van der Waals surface area contributed by atoms with Gasteiger partial charge >= 0.3 is 0 Å². The molecule has 0 spiro atoms. The van der Waals surface area contributed by atoms with Gasteiger partial charge in [0.25, 0.3) is 0 Å². The Hall–Kier alpha value is -1.02. The van der Waals surface area contributed by atoms with Crippen molar-refractivity contribution in [1.82, 2.24) is 5.32 Å². The highest BCUT2D eigenvalue weighted by molar-refractivity contribution is 5.36. The molecule has 1 aromatic carbocycles. The van der Waals surface area contributed by atoms with Gasteiger partial charge in [-0.2, -0.15) is 0 Å². The van der Waals surface area contributed by atoms with Gasteiger partial charge in [0.2, 0.25) is 0 Å². The zero-order chi connectivity index (χ0) is 12.0. The quantitative estimate of drug-likeness (QED) is 0.796. The van der Waals surface area contributed by atoms with Crippen molar-refractivity contribution in [2.45, 2.75) is 46.2 Å². The third-order valence-electron chi connectivity index (χ3n) is 3.05. The molecule has 0 aliphatic heterocycles. The fraction of sp³-hybridized carbons (Fsp3) is 0.571. The van der Waals surface area contributed by atoms with E-state index in [4.69, 9.17) is 4.74 Å². The van der Waals surface area contributed by atoms with Crippen LogP contribution in [0.25, 0.3) is 0 Å². The Morgan fingerprint density at radius 1 is 1.25 bits per heavy atom. The molecule has 0 atom stereocenters. The zero-order valence-corrected chi connectivity index (χ0v) is 10.8. The number of methoxy groups -OCH3 is 1. The number of hydrogen-bond acceptors (Lipinski definition) is 2. The molecule has 0 fully saturated rings. The van der Waals surface area contributed by atoms with Gasteiger partial charge in [-0.05, 0) is 37.0 Å². The lowest BCUT2D eigenvalue weighted by Crippen LogP contribution is -2.26. The highest BCUT2D eigenvalue weighted by Gasteiger charge is 2.04. The lowest BCUT2D eigenvalue weighted by Gasteiger charge is -2.15. The summed E-state index contributed by atoms with van der Waals surface area (Å²) in [6, 6.07) is 7.01. The Morgan fingerprint density at radius 2 is 1.94 bits per heavy atom. The average molecular weight is 221 g/mol. The first-order valence-electron chi connectivity index (χ1n) is 6.08. The number of nitrogens with one attached hydrogen (secondary N) is 1. The maximum atomic E-state index is 5.32. The number of benzene rings is 1. The summed E-state index contributed by atoms with van der Waals surface area (Å²) in [5, 5.41) is 3.55. The summed E-state index contributed by atoms with van der Waals surface area (Å²) in [6.45, 7) is 7.42. The second kappa shape index (κ2) is 6.54. The van der Waals surface area contributed by atoms with Crippen molar-refractivity contribution in [3.8, 4) is 5.75 Å². The van der Waals surface area contributed by atoms with E-state index >= 15 is 0 Å². The molecule has 0 aromatic heterocycles. The highest BCUT2D eigenvalue weighted by Crippen LogP contribution is 2.18. The maximum absolute atomic E-state index is 5.32. The Morgan fingerprint density at radius 3 is 2.50 bits per heavy atom. The van der Waals surface area contributed by atoms with Gasteiger partial charge in [0.05, 0.1) is 7.11 Å². The van der Waals surface area contributed by atoms with E-state index in [0.29, 0.717) is 6.04 Å². The molecule has 0 amide bonds. The molecule has 16 heavy (non-hydrogen) atoms. The molecule has 90 valence electrons. The molecule has 2 nitrogen and oxygen atoms in total. The SMILES string of the molecule is CCC(CC)NCc1ccc(C)c(OC)c1. The third-order valence-corrected chi connectivity index (χ3v) is 3.05. The molecule has 0 bridgehead atoms. The van der Waals surface area contributed by atoms with Gasteiger partial charge in [-0.25, -0.2) is 0 Å². The number of hydrogen-bond donors (Lipinski definition) is 1. The van der Waals surface area contributed by atoms with Gasteiger partial charge in [0.15, 0.2) is 0 Å². The minimum absolute atomic E-state index is 0.618. The van der Waals surface area contributed by atoms with Gasteiger partial charge in [-0.1, -0.05) is 26.0 Å². The van der Waals surface area contributed by atoms with E-state index in [1.54, 1.807) is 7.11 Å². The van der Waals surface area contributed by atoms with E-state index in [-0.39, 0.29) is 0 Å². The molecule has 0 unspecified atom stereocenters. The number of aryl methyl sites for hydroxylation is 1. The van der Waals surface area contributed by atoms with Crippen LogP contribution >= 0.6 is 0 Å². The highest BCUT2D eigenvalue weighted by atomic mass is 16.5. The van der Waals surface area contributed by atoms with E-state index in [1.165, 1.54) is 24.0 Å². The summed E-state index contributed by atoms with van der Waals surface area (Å²) in [6.07, 6.45) is 2.36. The topological polar surface area (TPSA) is 21.3 Å². The summed E-state index contributed by atoms with van der Waals surface area (Å²) in [7, 11) is 1.72. The van der Waals surface area contributed by atoms with Crippen molar-refractivity contribution in [2.75, 3.05) is 7.11 Å². The van der Waals surface area contributed by atoms with Crippen LogP contribution in [0.1, 0.15) is 37.8 Å². The molecular weight excluding hydrogens is 198 g/mol. The second-order valence-electron chi connectivity index (χ2n) is 4.20. The van der Waals surface area contributed by atoms with Crippen LogP contribution < -0.4 is 10.1 Å². The smallest absolute Gasteiger partial charge is 0.122 e. The van der Waals surface area contributed by atoms with Gasteiger partial charge in [-0.15, -0.1) is 0 Å². The molecular formula is C14H23NO. The summed E-state index contributed by atoms with van der Waals surface area (Å²) in [5.74, 6) is 0.976. The zero-order valence-electron chi connectivity index (χ0n) is 10.8. The van der Waals surface area contributed by atoms with Crippen molar-refractivity contribution in [2.24, 2.45) is 0 Å². The molecule has 0 heterocycles. The van der Waals surface area contributed by atoms with Crippen LogP contribution in [0.5, 0.6) is 5.75 Å². The van der Waals surface area contributed by atoms with Crippen LogP contribution in [-0.2, 0) is 6.54 Å². The predicted molar refractivity (Wildman–Crippen MR) is 68.9 cm³/mol. The van der Waals surface area contributed by atoms with E-state index in [1.807, 2.05) is 0 Å². The van der Waals surface area contributed by atoms with Crippen molar-refractivity contribution < 1.29 is 4.74 Å². The molecule has 0 saturated heterocycles. The minimum Gasteiger partial charge on any atom is -0.496 e. The van der Waals surface area contributed by atoms with E-state index in [2.05, 4.69) is 44.3 Å². The van der Waals surface area contributed by atoms with E-state index in [9.17, 15) is 0 Å². The summed E-state index contributed by atoms with van der Waals surface area (Å²) in [4.78, 5) is 0. The Kier molecular flexibility index (Phi) is 5.33. The second-order valence-corrected chi connectivity index (χ2v) is 4.20. The Labute approximate surface area is 99.0 Å². The van der Waals surface area contributed by atoms with Crippen molar-refractivity contribution in [3.63, 3.8) is 0 Å². The lowest BCUT2D eigenvalue weighted by atomic mass is 10.1. The van der Waals surface area contributed by atoms with Crippen molar-refractivity contribution in [3.05, 3.63) is 29.3 Å². The molecule has 0 aliphatic carbocycles. The summed E-state index contributed by atoms with van der Waals surface area (Å²) < 4.78 is 5.32. The van der Waals surface area contributed by atoms with Crippen LogP contribution in [-0.4, -0.2) is 13.2 Å². The van der Waals surface area contributed by atoms with Crippen LogP contribution in [0, 0.1) is 6.92 Å². The normalized spacial score (nSPS) is 10.8. The molecule has 0 saturated carbocycles. The van der Waals surface area contributed by atoms with E-state index < -0.39 is 0 Å². The first-order chi connectivity index (χ1) is 7.71. The molecule has 0 aliphatic rings. The molecule has 0 radical (unpaired) electrons. The van der Waals surface area contributed by atoms with Gasteiger partial charge < -0.3 is 10.1 Å². The lowest BCUT2D eigenvalue weighted by molar-refractivity contribution is 0.410. The predicted octanol–water partition coefficient (Wildman–Crippen LogP) is 3.28. The molecule has 1 N–H and O–H groups in total. The fourth-order valence-corrected chi connectivity index (χ4v) is 1.81. The summed E-state index contributed by atoms with van der Waals surface area (Å²) >= 11 is 0. The Balaban J connectivity index is 2.60. The van der Waals surface area contributed by atoms with E-state index in [0.717, 1.165) is 12.3 Å². The maximum Gasteiger partial charge on any atom is 0.122 e. The Bertz CT molecular complexity index is 319. The van der Waals surface area contributed by atoms with Gasteiger partial charge in [0, 0.05) is 12.6 Å². The summed E-state index contributed by atoms with van der Waals surface area (Å²) in [5.41, 5.74) is 2.48. The van der Waals surface area contributed by atoms with Crippen LogP contribution in [0.3, 0.4) is 0 Å². The first-order valence-corrected chi connectivity index (χ1v) is 6.08.